The highest BCUT2D eigenvalue weighted by molar-refractivity contribution is 9.10. The molecule has 0 aliphatic carbocycles. The summed E-state index contributed by atoms with van der Waals surface area (Å²) in [4.78, 5) is 26.9. The summed E-state index contributed by atoms with van der Waals surface area (Å²) in [5.74, 6) is -0.337. The van der Waals surface area contributed by atoms with Crippen molar-refractivity contribution in [3.05, 3.63) is 28.2 Å². The highest BCUT2D eigenvalue weighted by Crippen LogP contribution is 2.25. The van der Waals surface area contributed by atoms with Crippen molar-refractivity contribution in [3.8, 4) is 0 Å². The highest BCUT2D eigenvalue weighted by atomic mass is 79.9. The molecule has 0 radical (unpaired) electrons. The fraction of sp³-hybridized carbons (Fsp3) is 0.600. The van der Waals surface area contributed by atoms with Gasteiger partial charge in [0.15, 0.2) is 0 Å². The molecule has 2 aliphatic heterocycles. The molecule has 160 valence electrons. The van der Waals surface area contributed by atoms with Gasteiger partial charge in [-0.25, -0.2) is 8.42 Å². The lowest BCUT2D eigenvalue weighted by atomic mass is 10.2. The van der Waals surface area contributed by atoms with Crippen molar-refractivity contribution in [2.45, 2.75) is 49.8 Å². The van der Waals surface area contributed by atoms with Crippen LogP contribution in [0.1, 0.15) is 55.3 Å². The zero-order chi connectivity index (χ0) is 20.9. The molecule has 2 saturated heterocycles. The topological polar surface area (TPSA) is 86.8 Å². The number of rotatable bonds is 6. The number of amides is 2. The third-order valence-corrected chi connectivity index (χ3v) is 8.05. The average Bonchev–Trinajstić information content (AvgIpc) is 3.12. The van der Waals surface area contributed by atoms with E-state index >= 15 is 0 Å². The number of carbonyl (C=O) groups excluding carboxylic acids is 2. The number of benzene rings is 1. The molecule has 0 atom stereocenters. The number of carbonyl (C=O) groups is 2. The largest absolute Gasteiger partial charge is 0.351 e. The molecular formula is C20H28BrN3O4S. The molecule has 7 nitrogen and oxygen atoms in total. The molecule has 3 rings (SSSR count). The number of halogens is 1. The molecule has 0 unspecified atom stereocenters. The van der Waals surface area contributed by atoms with Crippen LogP contribution < -0.4 is 5.32 Å². The Hall–Kier alpha value is -1.45. The Kier molecular flexibility index (Phi) is 7.70. The lowest BCUT2D eigenvalue weighted by Crippen LogP contribution is -2.35. The van der Waals surface area contributed by atoms with Crippen LogP contribution >= 0.6 is 15.9 Å². The predicted molar refractivity (Wildman–Crippen MR) is 114 cm³/mol. The van der Waals surface area contributed by atoms with Gasteiger partial charge in [0.05, 0.1) is 10.5 Å². The number of nitrogens with one attached hydrogen (secondary N) is 1. The lowest BCUT2D eigenvalue weighted by molar-refractivity contribution is -0.131. The summed E-state index contributed by atoms with van der Waals surface area (Å²) in [6, 6.07) is 4.50. The average molecular weight is 486 g/mol. The van der Waals surface area contributed by atoms with Gasteiger partial charge in [0.25, 0.3) is 5.91 Å². The van der Waals surface area contributed by atoms with Gasteiger partial charge in [-0.15, -0.1) is 0 Å². The van der Waals surface area contributed by atoms with Crippen LogP contribution in [-0.4, -0.2) is 62.2 Å². The first-order valence-corrected chi connectivity index (χ1v) is 12.5. The Balaban J connectivity index is 1.61. The summed E-state index contributed by atoms with van der Waals surface area (Å²) in [7, 11) is -3.59. The minimum atomic E-state index is -3.59. The molecule has 2 amide bonds. The standard InChI is InChI=1S/C20H28BrN3O4S/c21-18-8-7-16(29(27,28)24-13-5-6-14-24)15-17(18)20(26)22-10-9-19(25)23-11-3-1-2-4-12-23/h7-8,15H,1-6,9-14H2,(H,22,26). The van der Waals surface area contributed by atoms with Gasteiger partial charge in [0, 0.05) is 43.6 Å². The van der Waals surface area contributed by atoms with E-state index in [0.717, 1.165) is 51.6 Å². The van der Waals surface area contributed by atoms with E-state index in [-0.39, 0.29) is 35.2 Å². The van der Waals surface area contributed by atoms with Gasteiger partial charge < -0.3 is 10.2 Å². The minimum Gasteiger partial charge on any atom is -0.351 e. The van der Waals surface area contributed by atoms with Gasteiger partial charge >= 0.3 is 0 Å². The molecule has 2 aliphatic rings. The molecule has 9 heteroatoms. The zero-order valence-electron chi connectivity index (χ0n) is 16.5. The number of likely N-dealkylation sites (tertiary alicyclic amines) is 1. The molecule has 1 N–H and O–H groups in total. The third kappa shape index (κ3) is 5.58. The van der Waals surface area contributed by atoms with Crippen LogP contribution in [0.2, 0.25) is 0 Å². The van der Waals surface area contributed by atoms with Gasteiger partial charge in [-0.2, -0.15) is 4.31 Å². The number of hydrogen-bond acceptors (Lipinski definition) is 4. The van der Waals surface area contributed by atoms with Gasteiger partial charge in [-0.05, 0) is 59.8 Å². The molecule has 0 spiro atoms. The lowest BCUT2D eigenvalue weighted by Gasteiger charge is -2.20. The maximum Gasteiger partial charge on any atom is 0.252 e. The molecular weight excluding hydrogens is 458 g/mol. The summed E-state index contributed by atoms with van der Waals surface area (Å²) in [5.41, 5.74) is 0.257. The maximum absolute atomic E-state index is 12.8. The molecule has 0 saturated carbocycles. The fourth-order valence-corrected chi connectivity index (χ4v) is 5.74. The number of nitrogens with zero attached hydrogens (tertiary/aromatic N) is 2. The summed E-state index contributed by atoms with van der Waals surface area (Å²) in [6.07, 6.45) is 6.33. The van der Waals surface area contributed by atoms with E-state index in [9.17, 15) is 18.0 Å². The Morgan fingerprint density at radius 1 is 0.966 bits per heavy atom. The number of hydrogen-bond donors (Lipinski definition) is 1. The quantitative estimate of drug-likeness (QED) is 0.670. The van der Waals surface area contributed by atoms with Crippen molar-refractivity contribution >= 4 is 37.8 Å². The smallest absolute Gasteiger partial charge is 0.252 e. The maximum atomic E-state index is 12.8. The highest BCUT2D eigenvalue weighted by Gasteiger charge is 2.28. The normalized spacial score (nSPS) is 18.4. The zero-order valence-corrected chi connectivity index (χ0v) is 18.9. The van der Waals surface area contributed by atoms with Crippen molar-refractivity contribution in [2.24, 2.45) is 0 Å². The fourth-order valence-electron chi connectivity index (χ4n) is 3.77. The van der Waals surface area contributed by atoms with Crippen LogP contribution in [-0.2, 0) is 14.8 Å². The molecule has 2 fully saturated rings. The molecule has 2 heterocycles. The third-order valence-electron chi connectivity index (χ3n) is 5.47. The molecule has 0 aromatic heterocycles. The van der Waals surface area contributed by atoms with Crippen molar-refractivity contribution in [1.82, 2.24) is 14.5 Å². The van der Waals surface area contributed by atoms with Crippen LogP contribution in [0.4, 0.5) is 0 Å². The first kappa shape index (κ1) is 22.2. The van der Waals surface area contributed by atoms with E-state index < -0.39 is 10.0 Å². The molecule has 1 aromatic rings. The summed E-state index contributed by atoms with van der Waals surface area (Å²) >= 11 is 3.33. The van der Waals surface area contributed by atoms with E-state index in [0.29, 0.717) is 17.6 Å². The SMILES string of the molecule is O=C(NCCC(=O)N1CCCCCC1)c1cc(S(=O)(=O)N2CCCC2)ccc1Br. The Morgan fingerprint density at radius 3 is 2.24 bits per heavy atom. The van der Waals surface area contributed by atoms with Crippen molar-refractivity contribution in [2.75, 3.05) is 32.7 Å². The van der Waals surface area contributed by atoms with Crippen LogP contribution in [0.25, 0.3) is 0 Å². The monoisotopic (exact) mass is 485 g/mol. The van der Waals surface area contributed by atoms with Crippen LogP contribution in [0, 0.1) is 0 Å². The first-order valence-electron chi connectivity index (χ1n) is 10.3. The summed E-state index contributed by atoms with van der Waals surface area (Å²) < 4.78 is 27.5. The second-order valence-electron chi connectivity index (χ2n) is 7.55. The van der Waals surface area contributed by atoms with E-state index in [1.807, 2.05) is 4.90 Å². The van der Waals surface area contributed by atoms with E-state index in [2.05, 4.69) is 21.2 Å². The molecule has 1 aromatic carbocycles. The van der Waals surface area contributed by atoms with Crippen LogP contribution in [0.15, 0.2) is 27.6 Å². The Morgan fingerprint density at radius 2 is 1.59 bits per heavy atom. The van der Waals surface area contributed by atoms with E-state index in [1.54, 1.807) is 6.07 Å². The first-order chi connectivity index (χ1) is 13.9. The molecule has 0 bridgehead atoms. The van der Waals surface area contributed by atoms with Gasteiger partial charge in [-0.1, -0.05) is 12.8 Å². The van der Waals surface area contributed by atoms with E-state index in [4.69, 9.17) is 0 Å². The van der Waals surface area contributed by atoms with Crippen molar-refractivity contribution in [3.63, 3.8) is 0 Å². The van der Waals surface area contributed by atoms with Crippen LogP contribution in [0.3, 0.4) is 0 Å². The second kappa shape index (κ2) is 10.0. The van der Waals surface area contributed by atoms with E-state index in [1.165, 1.54) is 16.4 Å². The second-order valence-corrected chi connectivity index (χ2v) is 10.3. The van der Waals surface area contributed by atoms with Crippen molar-refractivity contribution < 1.29 is 18.0 Å². The Bertz CT molecular complexity index is 845. The minimum absolute atomic E-state index is 0.0524. The van der Waals surface area contributed by atoms with Crippen LogP contribution in [0.5, 0.6) is 0 Å². The Labute approximate surface area is 181 Å². The predicted octanol–water partition coefficient (Wildman–Crippen LogP) is 2.76. The number of sulfonamides is 1. The van der Waals surface area contributed by atoms with Gasteiger partial charge in [-0.3, -0.25) is 9.59 Å². The summed E-state index contributed by atoms with van der Waals surface area (Å²) in [5, 5.41) is 2.75. The molecule has 29 heavy (non-hydrogen) atoms. The van der Waals surface area contributed by atoms with Crippen molar-refractivity contribution in [1.29, 1.82) is 0 Å². The van der Waals surface area contributed by atoms with Gasteiger partial charge in [0.1, 0.15) is 0 Å². The van der Waals surface area contributed by atoms with Gasteiger partial charge in [0.2, 0.25) is 15.9 Å². The summed E-state index contributed by atoms with van der Waals surface area (Å²) in [6.45, 7) is 2.82.